The number of hydrogen-bond donors (Lipinski definition) is 1. The van der Waals surface area contributed by atoms with Crippen molar-refractivity contribution < 1.29 is 14.3 Å². The van der Waals surface area contributed by atoms with E-state index in [-0.39, 0.29) is 24.2 Å². The summed E-state index contributed by atoms with van der Waals surface area (Å²) in [6.07, 6.45) is 6.78. The number of nitrogens with one attached hydrogen (secondary N) is 1. The van der Waals surface area contributed by atoms with Gasteiger partial charge in [0, 0.05) is 25.6 Å². The van der Waals surface area contributed by atoms with Gasteiger partial charge in [-0.15, -0.1) is 10.2 Å². The van der Waals surface area contributed by atoms with E-state index in [0.717, 1.165) is 38.0 Å². The fourth-order valence-corrected chi connectivity index (χ4v) is 4.71. The Morgan fingerprint density at radius 3 is 2.91 bits per heavy atom. The zero-order valence-electron chi connectivity index (χ0n) is 18.3. The Bertz CT molecular complexity index is 1180. The zero-order valence-corrected chi connectivity index (χ0v) is 18.3. The molecule has 4 bridgehead atoms. The summed E-state index contributed by atoms with van der Waals surface area (Å²) in [5, 5.41) is 11.2. The standard InChI is InChI=1S/C23H25N7O3/c1-14-4-3-7-32-23-18(8-15(10-24-23)29-11-16-9-17(12-29)33-16)22(31)27-20-6-2-5-19(26-20)21-28-25-13-30(14)21/h2,5-6,8,10,13-14,16-17H,3-4,7,9,11-12H2,1H3,(H,26,27,31). The molecule has 3 saturated heterocycles. The van der Waals surface area contributed by atoms with Crippen molar-refractivity contribution in [3.8, 4) is 17.4 Å². The van der Waals surface area contributed by atoms with Crippen LogP contribution in [0, 0.1) is 0 Å². The Labute approximate surface area is 191 Å². The molecule has 4 aliphatic rings. The van der Waals surface area contributed by atoms with Gasteiger partial charge in [0.15, 0.2) is 5.82 Å². The number of nitrogens with zero attached hydrogens (tertiary/aromatic N) is 6. The normalized spacial score (nSPS) is 24.5. The van der Waals surface area contributed by atoms with Crippen molar-refractivity contribution in [2.24, 2.45) is 0 Å². The third-order valence-corrected chi connectivity index (χ3v) is 6.48. The second-order valence-corrected chi connectivity index (χ2v) is 8.83. The molecule has 0 aromatic carbocycles. The number of anilines is 2. The molecule has 3 aromatic heterocycles. The highest BCUT2D eigenvalue weighted by Crippen LogP contribution is 2.33. The van der Waals surface area contributed by atoms with Gasteiger partial charge in [0.2, 0.25) is 5.88 Å². The van der Waals surface area contributed by atoms with Gasteiger partial charge >= 0.3 is 0 Å². The molecule has 7 heterocycles. The third-order valence-electron chi connectivity index (χ3n) is 6.48. The van der Waals surface area contributed by atoms with Gasteiger partial charge in [-0.05, 0) is 38.0 Å². The minimum Gasteiger partial charge on any atom is -0.477 e. The minimum absolute atomic E-state index is 0.171. The average Bonchev–Trinajstić information content (AvgIpc) is 3.31. The van der Waals surface area contributed by atoms with Crippen molar-refractivity contribution in [1.82, 2.24) is 24.7 Å². The number of amides is 1. The molecule has 10 nitrogen and oxygen atoms in total. The molecule has 7 rings (SSSR count). The van der Waals surface area contributed by atoms with Crippen LogP contribution < -0.4 is 15.0 Å². The van der Waals surface area contributed by atoms with Crippen molar-refractivity contribution in [1.29, 1.82) is 0 Å². The number of ether oxygens (including phenoxy) is 2. The average molecular weight is 447 g/mol. The van der Waals surface area contributed by atoms with E-state index in [4.69, 9.17) is 9.47 Å². The second kappa shape index (κ2) is 8.11. The molecule has 0 saturated carbocycles. The summed E-state index contributed by atoms with van der Waals surface area (Å²) < 4.78 is 13.7. The molecule has 170 valence electrons. The van der Waals surface area contributed by atoms with Gasteiger partial charge in [-0.3, -0.25) is 4.79 Å². The van der Waals surface area contributed by atoms with E-state index in [1.54, 1.807) is 18.6 Å². The summed E-state index contributed by atoms with van der Waals surface area (Å²) in [7, 11) is 0. The van der Waals surface area contributed by atoms with E-state index in [1.165, 1.54) is 0 Å². The van der Waals surface area contributed by atoms with Crippen molar-refractivity contribution in [3.05, 3.63) is 42.4 Å². The van der Waals surface area contributed by atoms with E-state index < -0.39 is 0 Å². The highest BCUT2D eigenvalue weighted by Gasteiger charge is 2.38. The van der Waals surface area contributed by atoms with Crippen LogP contribution in [0.2, 0.25) is 0 Å². The number of hydrogen-bond acceptors (Lipinski definition) is 8. The monoisotopic (exact) mass is 447 g/mol. The van der Waals surface area contributed by atoms with Gasteiger partial charge in [-0.2, -0.15) is 0 Å². The lowest BCUT2D eigenvalue weighted by molar-refractivity contribution is -0.133. The molecule has 1 N–H and O–H groups in total. The van der Waals surface area contributed by atoms with Gasteiger partial charge in [-0.1, -0.05) is 6.07 Å². The van der Waals surface area contributed by atoms with Gasteiger partial charge in [-0.25, -0.2) is 9.97 Å². The van der Waals surface area contributed by atoms with Crippen molar-refractivity contribution in [2.45, 2.75) is 44.4 Å². The van der Waals surface area contributed by atoms with Gasteiger partial charge in [0.1, 0.15) is 23.4 Å². The first-order valence-electron chi connectivity index (χ1n) is 11.4. The van der Waals surface area contributed by atoms with Crippen molar-refractivity contribution >= 4 is 17.4 Å². The summed E-state index contributed by atoms with van der Waals surface area (Å²) in [5.41, 5.74) is 1.95. The summed E-state index contributed by atoms with van der Waals surface area (Å²) in [6, 6.07) is 7.50. The lowest BCUT2D eigenvalue weighted by atomic mass is 9.98. The van der Waals surface area contributed by atoms with Gasteiger partial charge < -0.3 is 24.3 Å². The number of piperidine rings is 1. The molecular formula is C23H25N7O3. The van der Waals surface area contributed by atoms with Crippen LogP contribution in [0.25, 0.3) is 11.5 Å². The fraction of sp³-hybridized carbons (Fsp3) is 0.435. The highest BCUT2D eigenvalue weighted by atomic mass is 16.5. The first-order valence-corrected chi connectivity index (χ1v) is 11.4. The number of fused-ring (bicyclic) bond motifs is 7. The quantitative estimate of drug-likeness (QED) is 0.607. The molecule has 1 amide bonds. The zero-order chi connectivity index (χ0) is 22.4. The second-order valence-electron chi connectivity index (χ2n) is 8.83. The minimum atomic E-state index is -0.311. The summed E-state index contributed by atoms with van der Waals surface area (Å²) in [6.45, 7) is 4.19. The first-order chi connectivity index (χ1) is 16.1. The summed E-state index contributed by atoms with van der Waals surface area (Å²) in [5.74, 6) is 1.13. The maximum Gasteiger partial charge on any atom is 0.262 e. The summed E-state index contributed by atoms with van der Waals surface area (Å²) in [4.78, 5) is 24.7. The Kier molecular flexibility index (Phi) is 4.94. The topological polar surface area (TPSA) is 107 Å². The van der Waals surface area contributed by atoms with E-state index in [9.17, 15) is 4.79 Å². The van der Waals surface area contributed by atoms with Crippen LogP contribution in [0.1, 0.15) is 42.6 Å². The molecule has 0 radical (unpaired) electrons. The fourth-order valence-electron chi connectivity index (χ4n) is 4.71. The number of pyridine rings is 2. The molecule has 3 unspecified atom stereocenters. The number of rotatable bonds is 1. The predicted molar refractivity (Wildman–Crippen MR) is 120 cm³/mol. The maximum atomic E-state index is 13.3. The van der Waals surface area contributed by atoms with Crippen LogP contribution in [0.5, 0.6) is 5.88 Å². The summed E-state index contributed by atoms with van der Waals surface area (Å²) >= 11 is 0. The molecule has 3 atom stereocenters. The number of aromatic nitrogens is 5. The maximum absolute atomic E-state index is 13.3. The van der Waals surface area contributed by atoms with Crippen molar-refractivity contribution in [3.63, 3.8) is 0 Å². The molecule has 0 aliphatic carbocycles. The third kappa shape index (κ3) is 3.80. The van der Waals surface area contributed by atoms with E-state index >= 15 is 0 Å². The molecule has 4 aliphatic heterocycles. The van der Waals surface area contributed by atoms with Crippen LogP contribution in [0.3, 0.4) is 0 Å². The largest absolute Gasteiger partial charge is 0.477 e. The Hall–Kier alpha value is -3.53. The highest BCUT2D eigenvalue weighted by molar-refractivity contribution is 6.06. The molecule has 3 aromatic rings. The lowest BCUT2D eigenvalue weighted by Gasteiger charge is -2.47. The van der Waals surface area contributed by atoms with Crippen LogP contribution in [-0.4, -0.2) is 62.5 Å². The molecule has 0 spiro atoms. The SMILES string of the molecule is CC1CCCOc2ncc(N3CC4CC(C3)O4)cc2C(=O)Nc2cccc(n2)-c2nncn21. The Balaban J connectivity index is 1.35. The van der Waals surface area contributed by atoms with Crippen LogP contribution in [0.4, 0.5) is 11.5 Å². The Morgan fingerprint density at radius 1 is 1.21 bits per heavy atom. The molecule has 10 heteroatoms. The molecule has 33 heavy (non-hydrogen) atoms. The number of carbonyl (C=O) groups excluding carboxylic acids is 1. The lowest BCUT2D eigenvalue weighted by Crippen LogP contribution is -2.57. The van der Waals surface area contributed by atoms with Gasteiger partial charge in [0.25, 0.3) is 5.91 Å². The number of carbonyl (C=O) groups is 1. The predicted octanol–water partition coefficient (Wildman–Crippen LogP) is 2.70. The number of morpholine rings is 1. The van der Waals surface area contributed by atoms with E-state index in [0.29, 0.717) is 35.4 Å². The van der Waals surface area contributed by atoms with E-state index in [1.807, 2.05) is 22.8 Å². The molecule has 3 fully saturated rings. The van der Waals surface area contributed by atoms with Crippen LogP contribution >= 0.6 is 0 Å². The van der Waals surface area contributed by atoms with Crippen molar-refractivity contribution in [2.75, 3.05) is 29.9 Å². The smallest absolute Gasteiger partial charge is 0.262 e. The van der Waals surface area contributed by atoms with Crippen LogP contribution in [-0.2, 0) is 4.74 Å². The van der Waals surface area contributed by atoms with Crippen LogP contribution in [0.15, 0.2) is 36.8 Å². The first kappa shape index (κ1) is 20.1. The van der Waals surface area contributed by atoms with Gasteiger partial charge in [0.05, 0.1) is 30.7 Å². The Morgan fingerprint density at radius 2 is 2.06 bits per heavy atom. The van der Waals surface area contributed by atoms with E-state index in [2.05, 4.69) is 37.3 Å². The molecular weight excluding hydrogens is 422 g/mol.